The molecule has 0 saturated heterocycles. The number of benzene rings is 1. The summed E-state index contributed by atoms with van der Waals surface area (Å²) in [6, 6.07) is 6.04. The fourth-order valence-corrected chi connectivity index (χ4v) is 2.31. The molecule has 1 unspecified atom stereocenters. The number of anilines is 1. The van der Waals surface area contributed by atoms with Crippen LogP contribution >= 0.6 is 15.9 Å². The Morgan fingerprint density at radius 1 is 1.44 bits per heavy atom. The predicted octanol–water partition coefficient (Wildman–Crippen LogP) is 3.55. The van der Waals surface area contributed by atoms with Crippen molar-refractivity contribution in [2.75, 3.05) is 18.5 Å². The number of hydrogen-bond acceptors (Lipinski definition) is 2. The summed E-state index contributed by atoms with van der Waals surface area (Å²) in [5, 5.41) is 9.23. The van der Waals surface area contributed by atoms with Gasteiger partial charge in [-0.25, -0.2) is 0 Å². The van der Waals surface area contributed by atoms with Crippen LogP contribution in [0.4, 0.5) is 5.69 Å². The van der Waals surface area contributed by atoms with Crippen molar-refractivity contribution in [3.63, 3.8) is 0 Å². The summed E-state index contributed by atoms with van der Waals surface area (Å²) in [6.07, 6.45) is 0. The minimum Gasteiger partial charge on any atom is -0.481 e. The summed E-state index contributed by atoms with van der Waals surface area (Å²) in [6.45, 7) is 6.44. The SMILES string of the molecule is Cc1ccc(Br)cc1N(C)CC(C(=O)O)C(C)C. The monoisotopic (exact) mass is 313 g/mol. The van der Waals surface area contributed by atoms with Gasteiger partial charge in [-0.15, -0.1) is 0 Å². The second-order valence-electron chi connectivity index (χ2n) is 5.00. The van der Waals surface area contributed by atoms with Crippen LogP contribution in [-0.4, -0.2) is 24.7 Å². The average Bonchev–Trinajstić information content (AvgIpc) is 2.28. The van der Waals surface area contributed by atoms with Crippen molar-refractivity contribution in [3.05, 3.63) is 28.2 Å². The molecule has 0 heterocycles. The molecule has 1 aromatic carbocycles. The Hall–Kier alpha value is -1.03. The summed E-state index contributed by atoms with van der Waals surface area (Å²) in [5.41, 5.74) is 2.21. The molecule has 1 rings (SSSR count). The standard InChI is InChI=1S/C14H20BrNO2/c1-9(2)12(14(17)18)8-16(4)13-7-11(15)6-5-10(13)3/h5-7,9,12H,8H2,1-4H3,(H,17,18). The largest absolute Gasteiger partial charge is 0.481 e. The van der Waals surface area contributed by atoms with Crippen LogP contribution in [0.1, 0.15) is 19.4 Å². The van der Waals surface area contributed by atoms with Crippen molar-refractivity contribution in [1.29, 1.82) is 0 Å². The summed E-state index contributed by atoms with van der Waals surface area (Å²) in [7, 11) is 1.94. The third-order valence-electron chi connectivity index (χ3n) is 3.17. The normalized spacial score (nSPS) is 12.6. The van der Waals surface area contributed by atoms with Crippen molar-refractivity contribution in [2.24, 2.45) is 11.8 Å². The fourth-order valence-electron chi connectivity index (χ4n) is 1.96. The van der Waals surface area contributed by atoms with Crippen molar-refractivity contribution in [2.45, 2.75) is 20.8 Å². The molecular formula is C14H20BrNO2. The van der Waals surface area contributed by atoms with Crippen LogP contribution in [0.5, 0.6) is 0 Å². The average molecular weight is 314 g/mol. The Morgan fingerprint density at radius 3 is 2.56 bits per heavy atom. The molecule has 0 aliphatic rings. The lowest BCUT2D eigenvalue weighted by molar-refractivity contribution is -0.142. The highest BCUT2D eigenvalue weighted by Crippen LogP contribution is 2.25. The quantitative estimate of drug-likeness (QED) is 0.903. The van der Waals surface area contributed by atoms with Gasteiger partial charge >= 0.3 is 5.97 Å². The first-order valence-corrected chi connectivity index (χ1v) is 6.82. The molecule has 0 amide bonds. The molecule has 1 atom stereocenters. The van der Waals surface area contributed by atoms with Crippen LogP contribution in [-0.2, 0) is 4.79 Å². The van der Waals surface area contributed by atoms with Crippen LogP contribution < -0.4 is 4.90 Å². The van der Waals surface area contributed by atoms with Gasteiger partial charge in [-0.1, -0.05) is 35.8 Å². The minimum atomic E-state index is -0.732. The van der Waals surface area contributed by atoms with E-state index in [1.165, 1.54) is 0 Å². The maximum Gasteiger partial charge on any atom is 0.308 e. The first kappa shape index (κ1) is 15.0. The molecular weight excluding hydrogens is 294 g/mol. The zero-order chi connectivity index (χ0) is 13.9. The molecule has 18 heavy (non-hydrogen) atoms. The zero-order valence-corrected chi connectivity index (χ0v) is 12.9. The number of nitrogens with zero attached hydrogens (tertiary/aromatic N) is 1. The Labute approximate surface area is 117 Å². The number of carboxylic acid groups (broad SMARTS) is 1. The van der Waals surface area contributed by atoms with E-state index in [1.54, 1.807) is 0 Å². The van der Waals surface area contributed by atoms with Crippen molar-refractivity contribution in [1.82, 2.24) is 0 Å². The van der Waals surface area contributed by atoms with E-state index < -0.39 is 5.97 Å². The zero-order valence-electron chi connectivity index (χ0n) is 11.3. The molecule has 0 fully saturated rings. The van der Waals surface area contributed by atoms with E-state index in [0.717, 1.165) is 15.7 Å². The second kappa shape index (κ2) is 6.23. The minimum absolute atomic E-state index is 0.123. The lowest BCUT2D eigenvalue weighted by Crippen LogP contribution is -2.33. The van der Waals surface area contributed by atoms with Crippen molar-refractivity contribution in [3.8, 4) is 0 Å². The molecule has 0 radical (unpaired) electrons. The second-order valence-corrected chi connectivity index (χ2v) is 5.92. The number of halogens is 1. The maximum atomic E-state index is 11.2. The number of aryl methyl sites for hydroxylation is 1. The molecule has 0 saturated carbocycles. The van der Waals surface area contributed by atoms with E-state index in [0.29, 0.717) is 6.54 Å². The molecule has 0 aliphatic heterocycles. The molecule has 0 aliphatic carbocycles. The molecule has 0 spiro atoms. The van der Waals surface area contributed by atoms with Gasteiger partial charge in [0.2, 0.25) is 0 Å². The van der Waals surface area contributed by atoms with Crippen LogP contribution in [0, 0.1) is 18.8 Å². The molecule has 1 aromatic rings. The summed E-state index contributed by atoms with van der Waals surface area (Å²) >= 11 is 3.45. The lowest BCUT2D eigenvalue weighted by Gasteiger charge is -2.27. The highest BCUT2D eigenvalue weighted by molar-refractivity contribution is 9.10. The van der Waals surface area contributed by atoms with E-state index in [-0.39, 0.29) is 11.8 Å². The van der Waals surface area contributed by atoms with Gasteiger partial charge in [0.1, 0.15) is 0 Å². The number of carbonyl (C=O) groups is 1. The van der Waals surface area contributed by atoms with E-state index in [1.807, 2.05) is 50.9 Å². The molecule has 0 aromatic heterocycles. The fraction of sp³-hybridized carbons (Fsp3) is 0.500. The van der Waals surface area contributed by atoms with E-state index in [9.17, 15) is 9.90 Å². The van der Waals surface area contributed by atoms with Crippen molar-refractivity contribution < 1.29 is 9.90 Å². The van der Waals surface area contributed by atoms with Gasteiger partial charge in [-0.05, 0) is 30.5 Å². The van der Waals surface area contributed by atoms with Crippen LogP contribution in [0.25, 0.3) is 0 Å². The Balaban J connectivity index is 2.90. The third kappa shape index (κ3) is 3.73. The van der Waals surface area contributed by atoms with E-state index in [4.69, 9.17) is 0 Å². The molecule has 3 nitrogen and oxygen atoms in total. The van der Waals surface area contributed by atoms with Crippen molar-refractivity contribution >= 4 is 27.6 Å². The maximum absolute atomic E-state index is 11.2. The molecule has 100 valence electrons. The summed E-state index contributed by atoms with van der Waals surface area (Å²) in [5.74, 6) is -0.963. The number of hydrogen-bond donors (Lipinski definition) is 1. The molecule has 1 N–H and O–H groups in total. The van der Waals surface area contributed by atoms with Crippen LogP contribution in [0.3, 0.4) is 0 Å². The first-order valence-electron chi connectivity index (χ1n) is 6.03. The van der Waals surface area contributed by atoms with Gasteiger partial charge in [0.05, 0.1) is 5.92 Å². The Kier molecular flexibility index (Phi) is 5.20. The number of aliphatic carboxylic acids is 1. The topological polar surface area (TPSA) is 40.5 Å². The van der Waals surface area contributed by atoms with E-state index in [2.05, 4.69) is 15.9 Å². The van der Waals surface area contributed by atoms with Gasteiger partial charge < -0.3 is 10.0 Å². The molecule has 0 bridgehead atoms. The van der Waals surface area contributed by atoms with Crippen LogP contribution in [0.2, 0.25) is 0 Å². The predicted molar refractivity (Wildman–Crippen MR) is 78.1 cm³/mol. The van der Waals surface area contributed by atoms with Gasteiger partial charge in [0.25, 0.3) is 0 Å². The third-order valence-corrected chi connectivity index (χ3v) is 3.67. The number of carboxylic acids is 1. The van der Waals surface area contributed by atoms with Gasteiger partial charge in [-0.2, -0.15) is 0 Å². The first-order chi connectivity index (χ1) is 8.32. The number of rotatable bonds is 5. The van der Waals surface area contributed by atoms with Gasteiger partial charge in [0, 0.05) is 23.8 Å². The Morgan fingerprint density at radius 2 is 2.06 bits per heavy atom. The summed E-state index contributed by atoms with van der Waals surface area (Å²) in [4.78, 5) is 13.2. The van der Waals surface area contributed by atoms with Crippen LogP contribution in [0.15, 0.2) is 22.7 Å². The van der Waals surface area contributed by atoms with E-state index >= 15 is 0 Å². The summed E-state index contributed by atoms with van der Waals surface area (Å²) < 4.78 is 1.01. The smallest absolute Gasteiger partial charge is 0.308 e. The highest BCUT2D eigenvalue weighted by Gasteiger charge is 2.23. The van der Waals surface area contributed by atoms with Gasteiger partial charge in [0.15, 0.2) is 0 Å². The molecule has 4 heteroatoms. The highest BCUT2D eigenvalue weighted by atomic mass is 79.9. The Bertz CT molecular complexity index is 432. The lowest BCUT2D eigenvalue weighted by atomic mass is 9.95. The van der Waals surface area contributed by atoms with Gasteiger partial charge in [-0.3, -0.25) is 4.79 Å².